The minimum absolute atomic E-state index is 0.153. The van der Waals surface area contributed by atoms with Crippen LogP contribution in [-0.2, 0) is 10.2 Å². The summed E-state index contributed by atoms with van der Waals surface area (Å²) in [7, 11) is -4.30. The van der Waals surface area contributed by atoms with E-state index in [1.54, 1.807) is 13.8 Å². The summed E-state index contributed by atoms with van der Waals surface area (Å²) in [5.41, 5.74) is 0. The number of rotatable bonds is 2. The molecule has 0 aliphatic rings. The molecule has 0 saturated carbocycles. The Morgan fingerprint density at radius 1 is 1.22 bits per heavy atom. The van der Waals surface area contributed by atoms with Crippen LogP contribution < -0.4 is 0 Å². The van der Waals surface area contributed by atoms with Crippen molar-refractivity contribution in [3.05, 3.63) is 0 Å². The average Bonchev–Trinajstić information content (AvgIpc) is 1.62. The molecule has 0 saturated heterocycles. The Morgan fingerprint density at radius 2 is 1.56 bits per heavy atom. The van der Waals surface area contributed by atoms with Crippen molar-refractivity contribution in [2.24, 2.45) is 5.92 Å². The highest BCUT2D eigenvalue weighted by Crippen LogP contribution is 2.12. The topological polar surface area (TPSA) is 34.1 Å². The first-order valence-corrected chi connectivity index (χ1v) is 4.24. The van der Waals surface area contributed by atoms with Crippen LogP contribution in [0.1, 0.15) is 20.8 Å². The quantitative estimate of drug-likeness (QED) is 0.562. The third-order valence-corrected chi connectivity index (χ3v) is 2.82. The monoisotopic (exact) mass is 154 g/mol. The summed E-state index contributed by atoms with van der Waals surface area (Å²) in [5.74, 6) is -0.153. The summed E-state index contributed by atoms with van der Waals surface area (Å²) in [5, 5.41) is -0.877. The molecule has 56 valence electrons. The van der Waals surface area contributed by atoms with Crippen LogP contribution in [0.15, 0.2) is 0 Å². The summed E-state index contributed by atoms with van der Waals surface area (Å²) in [4.78, 5) is 0. The fourth-order valence-corrected chi connectivity index (χ4v) is 0.975. The van der Waals surface area contributed by atoms with Crippen LogP contribution >= 0.6 is 0 Å². The van der Waals surface area contributed by atoms with Crippen molar-refractivity contribution >= 4 is 10.2 Å². The van der Waals surface area contributed by atoms with Crippen LogP contribution in [0, 0.1) is 5.92 Å². The van der Waals surface area contributed by atoms with Crippen molar-refractivity contribution in [3.8, 4) is 0 Å². The Balaban J connectivity index is 4.24. The molecule has 1 atom stereocenters. The van der Waals surface area contributed by atoms with Gasteiger partial charge in [0.25, 0.3) is 0 Å². The lowest BCUT2D eigenvalue weighted by Crippen LogP contribution is -2.18. The van der Waals surface area contributed by atoms with Gasteiger partial charge in [0.1, 0.15) is 0 Å². The number of halogens is 1. The van der Waals surface area contributed by atoms with Crippen LogP contribution in [0.5, 0.6) is 0 Å². The first-order chi connectivity index (χ1) is 3.85. The lowest BCUT2D eigenvalue weighted by atomic mass is 10.2. The van der Waals surface area contributed by atoms with Gasteiger partial charge in [-0.25, -0.2) is 0 Å². The molecule has 0 fully saturated rings. The molecule has 0 aliphatic carbocycles. The lowest BCUT2D eigenvalue weighted by Gasteiger charge is -2.08. The molecule has 2 nitrogen and oxygen atoms in total. The molecule has 0 radical (unpaired) electrons. The van der Waals surface area contributed by atoms with E-state index in [-0.39, 0.29) is 5.92 Å². The van der Waals surface area contributed by atoms with E-state index in [1.165, 1.54) is 6.92 Å². The Bertz CT molecular complexity index is 171. The highest BCUT2D eigenvalue weighted by Gasteiger charge is 2.22. The van der Waals surface area contributed by atoms with E-state index in [0.29, 0.717) is 0 Å². The zero-order valence-corrected chi connectivity index (χ0v) is 6.57. The lowest BCUT2D eigenvalue weighted by molar-refractivity contribution is 0.506. The molecule has 0 aromatic heterocycles. The van der Waals surface area contributed by atoms with Gasteiger partial charge in [-0.1, -0.05) is 13.8 Å². The van der Waals surface area contributed by atoms with Gasteiger partial charge in [0.2, 0.25) is 0 Å². The van der Waals surface area contributed by atoms with Crippen molar-refractivity contribution in [2.45, 2.75) is 26.0 Å². The van der Waals surface area contributed by atoms with Crippen molar-refractivity contribution in [1.82, 2.24) is 0 Å². The third kappa shape index (κ3) is 2.79. The average molecular weight is 154 g/mol. The zero-order chi connectivity index (χ0) is 7.65. The molecule has 0 heterocycles. The molecule has 0 rings (SSSR count). The van der Waals surface area contributed by atoms with E-state index in [9.17, 15) is 12.3 Å². The standard InChI is InChI=1S/C5H11FO2S/c1-4(2)5(3)9(6,7)8/h4-5H,1-3H3. The molecule has 0 spiro atoms. The van der Waals surface area contributed by atoms with Crippen molar-refractivity contribution in [1.29, 1.82) is 0 Å². The van der Waals surface area contributed by atoms with Gasteiger partial charge in [-0.2, -0.15) is 8.42 Å². The normalized spacial score (nSPS) is 16.1. The van der Waals surface area contributed by atoms with E-state index >= 15 is 0 Å². The molecule has 9 heavy (non-hydrogen) atoms. The Labute approximate surface area is 55.3 Å². The second-order valence-electron chi connectivity index (χ2n) is 2.42. The predicted octanol–water partition coefficient (Wildman–Crippen LogP) is 1.33. The molecule has 0 aromatic carbocycles. The van der Waals surface area contributed by atoms with Gasteiger partial charge in [-0.15, -0.1) is 3.89 Å². The van der Waals surface area contributed by atoms with Crippen LogP contribution in [0.2, 0.25) is 0 Å². The summed E-state index contributed by atoms with van der Waals surface area (Å²) in [6, 6.07) is 0. The highest BCUT2D eigenvalue weighted by atomic mass is 32.3. The molecular weight excluding hydrogens is 143 g/mol. The maximum Gasteiger partial charge on any atom is 0.305 e. The fourth-order valence-electron chi connectivity index (χ4n) is 0.325. The van der Waals surface area contributed by atoms with Gasteiger partial charge in [-0.3, -0.25) is 0 Å². The van der Waals surface area contributed by atoms with Crippen molar-refractivity contribution in [3.63, 3.8) is 0 Å². The van der Waals surface area contributed by atoms with Crippen molar-refractivity contribution < 1.29 is 12.3 Å². The Kier molecular flexibility index (Phi) is 2.61. The van der Waals surface area contributed by atoms with Gasteiger partial charge in [0.15, 0.2) is 0 Å². The van der Waals surface area contributed by atoms with Crippen LogP contribution in [-0.4, -0.2) is 13.7 Å². The second-order valence-corrected chi connectivity index (χ2v) is 4.12. The van der Waals surface area contributed by atoms with E-state index in [0.717, 1.165) is 0 Å². The SMILES string of the molecule is CC(C)C(C)S(=O)(=O)F. The highest BCUT2D eigenvalue weighted by molar-refractivity contribution is 7.87. The first kappa shape index (κ1) is 8.88. The fraction of sp³-hybridized carbons (Fsp3) is 1.00. The maximum atomic E-state index is 12.0. The number of hydrogen-bond donors (Lipinski definition) is 0. The maximum absolute atomic E-state index is 12.0. The van der Waals surface area contributed by atoms with Crippen molar-refractivity contribution in [2.75, 3.05) is 0 Å². The summed E-state index contributed by atoms with van der Waals surface area (Å²) >= 11 is 0. The zero-order valence-electron chi connectivity index (χ0n) is 5.76. The summed E-state index contributed by atoms with van der Waals surface area (Å²) in [6.07, 6.45) is 0. The smallest absolute Gasteiger partial charge is 0.195 e. The molecule has 0 aliphatic heterocycles. The Hall–Kier alpha value is -0.120. The molecule has 0 N–H and O–H groups in total. The van der Waals surface area contributed by atoms with E-state index in [1.807, 2.05) is 0 Å². The van der Waals surface area contributed by atoms with Gasteiger partial charge in [-0.05, 0) is 12.8 Å². The van der Waals surface area contributed by atoms with E-state index in [2.05, 4.69) is 0 Å². The largest absolute Gasteiger partial charge is 0.305 e. The Morgan fingerprint density at radius 3 is 1.56 bits per heavy atom. The first-order valence-electron chi connectivity index (χ1n) is 2.79. The molecule has 0 bridgehead atoms. The van der Waals surface area contributed by atoms with Crippen LogP contribution in [0.25, 0.3) is 0 Å². The molecular formula is C5H11FO2S. The molecule has 0 aromatic rings. The van der Waals surface area contributed by atoms with E-state index < -0.39 is 15.5 Å². The van der Waals surface area contributed by atoms with Gasteiger partial charge < -0.3 is 0 Å². The van der Waals surface area contributed by atoms with Crippen LogP contribution in [0.3, 0.4) is 0 Å². The minimum Gasteiger partial charge on any atom is -0.195 e. The van der Waals surface area contributed by atoms with Crippen LogP contribution in [0.4, 0.5) is 3.89 Å². The second kappa shape index (κ2) is 2.64. The summed E-state index contributed by atoms with van der Waals surface area (Å²) in [6.45, 7) is 4.70. The molecule has 1 unspecified atom stereocenters. The molecule has 4 heteroatoms. The minimum atomic E-state index is -4.30. The van der Waals surface area contributed by atoms with Gasteiger partial charge in [0, 0.05) is 0 Å². The van der Waals surface area contributed by atoms with E-state index in [4.69, 9.17) is 0 Å². The van der Waals surface area contributed by atoms with Gasteiger partial charge in [0.05, 0.1) is 5.25 Å². The number of hydrogen-bond acceptors (Lipinski definition) is 2. The summed E-state index contributed by atoms with van der Waals surface area (Å²) < 4.78 is 32.2. The molecule has 0 amide bonds. The predicted molar refractivity (Wildman–Crippen MR) is 34.3 cm³/mol. The third-order valence-electron chi connectivity index (χ3n) is 1.38. The van der Waals surface area contributed by atoms with Gasteiger partial charge >= 0.3 is 10.2 Å².